The first-order valence-corrected chi connectivity index (χ1v) is 5.77. The SMILES string of the molecule is CN(CC(C)(C)O)C(=O)c1cccc(C(F)(F)F)c1F. The molecule has 0 aliphatic heterocycles. The molecule has 0 fully saturated rings. The number of carbonyl (C=O) groups is 1. The van der Waals surface area contributed by atoms with Crippen LogP contribution in [0.2, 0.25) is 0 Å². The lowest BCUT2D eigenvalue weighted by Crippen LogP contribution is -2.40. The Labute approximate surface area is 113 Å². The van der Waals surface area contributed by atoms with Gasteiger partial charge in [0.05, 0.1) is 16.7 Å². The van der Waals surface area contributed by atoms with Gasteiger partial charge < -0.3 is 10.0 Å². The fraction of sp³-hybridized carbons (Fsp3) is 0.462. The molecule has 112 valence electrons. The molecule has 7 heteroatoms. The van der Waals surface area contributed by atoms with Crippen molar-refractivity contribution >= 4 is 5.91 Å². The van der Waals surface area contributed by atoms with E-state index >= 15 is 0 Å². The van der Waals surface area contributed by atoms with E-state index in [1.807, 2.05) is 0 Å². The van der Waals surface area contributed by atoms with E-state index in [-0.39, 0.29) is 6.54 Å². The van der Waals surface area contributed by atoms with E-state index in [1.165, 1.54) is 20.9 Å². The molecule has 0 aliphatic rings. The van der Waals surface area contributed by atoms with Crippen molar-refractivity contribution in [1.82, 2.24) is 4.90 Å². The van der Waals surface area contributed by atoms with Gasteiger partial charge >= 0.3 is 6.18 Å². The number of likely N-dealkylation sites (N-methyl/N-ethyl adjacent to an activating group) is 1. The number of carbonyl (C=O) groups excluding carboxylic acids is 1. The van der Waals surface area contributed by atoms with E-state index in [9.17, 15) is 27.5 Å². The van der Waals surface area contributed by atoms with Gasteiger partial charge in [-0.15, -0.1) is 0 Å². The summed E-state index contributed by atoms with van der Waals surface area (Å²) < 4.78 is 51.5. The molecular weight excluding hydrogens is 278 g/mol. The topological polar surface area (TPSA) is 40.5 Å². The molecule has 1 aromatic rings. The van der Waals surface area contributed by atoms with Crippen LogP contribution in [0.1, 0.15) is 29.8 Å². The Balaban J connectivity index is 3.12. The van der Waals surface area contributed by atoms with Crippen LogP contribution in [0.5, 0.6) is 0 Å². The maximum atomic E-state index is 13.8. The average Bonchev–Trinajstić information content (AvgIpc) is 2.24. The van der Waals surface area contributed by atoms with Gasteiger partial charge in [-0.1, -0.05) is 6.07 Å². The zero-order valence-electron chi connectivity index (χ0n) is 11.3. The number of halogens is 4. The number of rotatable bonds is 3. The predicted octanol–water partition coefficient (Wildman–Crippen LogP) is 2.69. The van der Waals surface area contributed by atoms with Crippen LogP contribution in [0.4, 0.5) is 17.6 Å². The van der Waals surface area contributed by atoms with E-state index < -0.39 is 34.6 Å². The lowest BCUT2D eigenvalue weighted by Gasteiger charge is -2.26. The first-order chi connectivity index (χ1) is 8.93. The molecule has 0 atom stereocenters. The van der Waals surface area contributed by atoms with Gasteiger partial charge in [0, 0.05) is 13.6 Å². The number of aliphatic hydroxyl groups is 1. The summed E-state index contributed by atoms with van der Waals surface area (Å²) >= 11 is 0. The summed E-state index contributed by atoms with van der Waals surface area (Å²) in [7, 11) is 1.28. The molecule has 1 N–H and O–H groups in total. The zero-order valence-corrected chi connectivity index (χ0v) is 11.3. The minimum atomic E-state index is -4.87. The molecule has 0 unspecified atom stereocenters. The highest BCUT2D eigenvalue weighted by Crippen LogP contribution is 2.32. The number of alkyl halides is 3. The molecule has 0 heterocycles. The van der Waals surface area contributed by atoms with E-state index in [4.69, 9.17) is 0 Å². The molecule has 1 aromatic carbocycles. The normalized spacial score (nSPS) is 12.4. The number of hydrogen-bond donors (Lipinski definition) is 1. The third kappa shape index (κ3) is 3.93. The van der Waals surface area contributed by atoms with Crippen LogP contribution >= 0.6 is 0 Å². The molecular formula is C13H15F4NO2. The van der Waals surface area contributed by atoms with Gasteiger partial charge in [0.2, 0.25) is 0 Å². The third-order valence-corrected chi connectivity index (χ3v) is 2.51. The van der Waals surface area contributed by atoms with Crippen molar-refractivity contribution in [2.45, 2.75) is 25.6 Å². The Morgan fingerprint density at radius 3 is 2.30 bits per heavy atom. The maximum Gasteiger partial charge on any atom is 0.419 e. The molecule has 0 radical (unpaired) electrons. The average molecular weight is 293 g/mol. The first kappa shape index (κ1) is 16.4. The van der Waals surface area contributed by atoms with Crippen LogP contribution in [0.25, 0.3) is 0 Å². The van der Waals surface area contributed by atoms with Crippen LogP contribution < -0.4 is 0 Å². The number of benzene rings is 1. The minimum Gasteiger partial charge on any atom is -0.389 e. The van der Waals surface area contributed by atoms with Gasteiger partial charge in [-0.2, -0.15) is 13.2 Å². The van der Waals surface area contributed by atoms with Crippen molar-refractivity contribution in [3.05, 3.63) is 35.1 Å². The summed E-state index contributed by atoms with van der Waals surface area (Å²) in [6, 6.07) is 2.52. The van der Waals surface area contributed by atoms with Crippen LogP contribution in [-0.2, 0) is 6.18 Å². The van der Waals surface area contributed by atoms with Gasteiger partial charge in [-0.25, -0.2) is 4.39 Å². The van der Waals surface area contributed by atoms with Crippen LogP contribution in [0.3, 0.4) is 0 Å². The van der Waals surface area contributed by atoms with Crippen molar-refractivity contribution in [3.8, 4) is 0 Å². The Bertz CT molecular complexity index is 506. The largest absolute Gasteiger partial charge is 0.419 e. The summed E-state index contributed by atoms with van der Waals surface area (Å²) in [6.45, 7) is 2.72. The van der Waals surface area contributed by atoms with Crippen molar-refractivity contribution in [3.63, 3.8) is 0 Å². The van der Waals surface area contributed by atoms with Crippen LogP contribution in [0, 0.1) is 5.82 Å². The Kier molecular flexibility index (Phi) is 4.43. The van der Waals surface area contributed by atoms with Crippen molar-refractivity contribution in [2.75, 3.05) is 13.6 Å². The highest BCUT2D eigenvalue weighted by atomic mass is 19.4. The Morgan fingerprint density at radius 2 is 1.85 bits per heavy atom. The van der Waals surface area contributed by atoms with Crippen molar-refractivity contribution < 1.29 is 27.5 Å². The summed E-state index contributed by atoms with van der Waals surface area (Å²) in [5.74, 6) is -2.52. The Morgan fingerprint density at radius 1 is 1.30 bits per heavy atom. The Hall–Kier alpha value is -1.63. The fourth-order valence-electron chi connectivity index (χ4n) is 1.77. The molecule has 0 saturated carbocycles. The van der Waals surface area contributed by atoms with Gasteiger partial charge in [-0.05, 0) is 26.0 Å². The number of nitrogens with zero attached hydrogens (tertiary/aromatic N) is 1. The highest BCUT2D eigenvalue weighted by molar-refractivity contribution is 5.94. The van der Waals surface area contributed by atoms with Crippen molar-refractivity contribution in [2.24, 2.45) is 0 Å². The smallest absolute Gasteiger partial charge is 0.389 e. The van der Waals surface area contributed by atoms with E-state index in [0.717, 1.165) is 17.0 Å². The molecule has 0 bridgehead atoms. The van der Waals surface area contributed by atoms with E-state index in [1.54, 1.807) is 0 Å². The lowest BCUT2D eigenvalue weighted by atomic mass is 10.1. The summed E-state index contributed by atoms with van der Waals surface area (Å²) in [5.41, 5.74) is -3.39. The number of hydrogen-bond acceptors (Lipinski definition) is 2. The summed E-state index contributed by atoms with van der Waals surface area (Å²) in [4.78, 5) is 12.9. The maximum absolute atomic E-state index is 13.8. The molecule has 3 nitrogen and oxygen atoms in total. The van der Waals surface area contributed by atoms with Crippen molar-refractivity contribution in [1.29, 1.82) is 0 Å². The lowest BCUT2D eigenvalue weighted by molar-refractivity contribution is -0.140. The zero-order chi connectivity index (χ0) is 15.7. The second kappa shape index (κ2) is 5.40. The molecule has 0 saturated heterocycles. The summed E-state index contributed by atoms with van der Waals surface area (Å²) in [5, 5.41) is 9.57. The summed E-state index contributed by atoms with van der Waals surface area (Å²) in [6.07, 6.45) is -4.87. The number of amides is 1. The van der Waals surface area contributed by atoms with Gasteiger partial charge in [0.1, 0.15) is 5.82 Å². The monoisotopic (exact) mass is 293 g/mol. The van der Waals surface area contributed by atoms with E-state index in [2.05, 4.69) is 0 Å². The molecule has 20 heavy (non-hydrogen) atoms. The van der Waals surface area contributed by atoms with Gasteiger partial charge in [0.25, 0.3) is 5.91 Å². The van der Waals surface area contributed by atoms with Gasteiger partial charge in [0.15, 0.2) is 0 Å². The first-order valence-electron chi connectivity index (χ1n) is 5.77. The molecule has 0 spiro atoms. The fourth-order valence-corrected chi connectivity index (χ4v) is 1.77. The second-order valence-electron chi connectivity index (χ2n) is 5.14. The molecule has 0 aromatic heterocycles. The van der Waals surface area contributed by atoms with Crippen LogP contribution in [0.15, 0.2) is 18.2 Å². The molecule has 0 aliphatic carbocycles. The predicted molar refractivity (Wildman–Crippen MR) is 64.7 cm³/mol. The second-order valence-corrected chi connectivity index (χ2v) is 5.14. The minimum absolute atomic E-state index is 0.137. The standard InChI is InChI=1S/C13H15F4NO2/c1-12(2,20)7-18(3)11(19)8-5-4-6-9(10(8)14)13(15,16)17/h4-6,20H,7H2,1-3H3. The molecule has 1 amide bonds. The van der Waals surface area contributed by atoms with Crippen LogP contribution in [-0.4, -0.2) is 35.1 Å². The highest BCUT2D eigenvalue weighted by Gasteiger charge is 2.36. The third-order valence-electron chi connectivity index (χ3n) is 2.51. The van der Waals surface area contributed by atoms with E-state index in [0.29, 0.717) is 6.07 Å². The van der Waals surface area contributed by atoms with Gasteiger partial charge in [-0.3, -0.25) is 4.79 Å². The quantitative estimate of drug-likeness (QED) is 0.870. The molecule has 1 rings (SSSR count).